The molecule has 0 amide bonds. The van der Waals surface area contributed by atoms with Gasteiger partial charge >= 0.3 is 6.18 Å². The number of halogens is 9. The summed E-state index contributed by atoms with van der Waals surface area (Å²) in [7, 11) is 0. The van der Waals surface area contributed by atoms with Gasteiger partial charge in [-0.1, -0.05) is 37.6 Å². The standard InChI is InChI=1S/C24H15F9/c1-2-3-12-4-6-13(7-5-12)14-8-16(25)20(17(26)9-14)23(30)22(29)15-10-18(27)21(19(28)11-15)24(31,32)33/h4-11H,2-3H2,1H3. The van der Waals surface area contributed by atoms with E-state index in [1.807, 2.05) is 6.92 Å². The van der Waals surface area contributed by atoms with E-state index in [1.165, 1.54) is 0 Å². The van der Waals surface area contributed by atoms with Crippen molar-refractivity contribution in [2.45, 2.75) is 25.9 Å². The molecule has 33 heavy (non-hydrogen) atoms. The predicted molar refractivity (Wildman–Crippen MR) is 106 cm³/mol. The highest BCUT2D eigenvalue weighted by Crippen LogP contribution is 2.38. The normalized spacial score (nSPS) is 12.7. The van der Waals surface area contributed by atoms with Crippen LogP contribution in [-0.2, 0) is 12.6 Å². The van der Waals surface area contributed by atoms with E-state index in [4.69, 9.17) is 0 Å². The van der Waals surface area contributed by atoms with E-state index in [9.17, 15) is 39.5 Å². The molecule has 0 fully saturated rings. The van der Waals surface area contributed by atoms with Crippen molar-refractivity contribution in [2.24, 2.45) is 0 Å². The molecule has 0 aliphatic heterocycles. The molecule has 0 N–H and O–H groups in total. The smallest absolute Gasteiger partial charge is 0.206 e. The predicted octanol–water partition coefficient (Wildman–Crippen LogP) is 8.65. The Hall–Kier alpha value is -3.23. The Morgan fingerprint density at radius 3 is 1.67 bits per heavy atom. The Morgan fingerprint density at radius 1 is 0.697 bits per heavy atom. The third kappa shape index (κ3) is 5.07. The van der Waals surface area contributed by atoms with Gasteiger partial charge in [0.2, 0.25) is 0 Å². The SMILES string of the molecule is CCCc1ccc(-c2cc(F)c(C(F)=C(F)c3cc(F)c(C(F)(F)F)c(F)c3)c(F)c2)cc1. The molecule has 174 valence electrons. The number of aryl methyl sites for hydroxylation is 1. The molecule has 0 bridgehead atoms. The topological polar surface area (TPSA) is 0 Å². The molecule has 0 heterocycles. The molecule has 0 nitrogen and oxygen atoms in total. The maximum atomic E-state index is 14.6. The summed E-state index contributed by atoms with van der Waals surface area (Å²) in [4.78, 5) is 0. The molecule has 3 rings (SSSR count). The number of alkyl halides is 3. The zero-order chi connectivity index (χ0) is 24.5. The Morgan fingerprint density at radius 2 is 1.21 bits per heavy atom. The van der Waals surface area contributed by atoms with Crippen LogP contribution in [0.1, 0.15) is 35.6 Å². The molecule has 0 saturated heterocycles. The van der Waals surface area contributed by atoms with Gasteiger partial charge in [-0.25, -0.2) is 26.3 Å². The van der Waals surface area contributed by atoms with Crippen LogP contribution in [0, 0.1) is 23.3 Å². The maximum absolute atomic E-state index is 14.6. The van der Waals surface area contributed by atoms with Crippen molar-refractivity contribution in [2.75, 3.05) is 0 Å². The summed E-state index contributed by atoms with van der Waals surface area (Å²) in [6.45, 7) is 1.98. The van der Waals surface area contributed by atoms with Gasteiger partial charge in [-0.2, -0.15) is 13.2 Å². The van der Waals surface area contributed by atoms with Gasteiger partial charge in [0, 0.05) is 5.56 Å². The molecule has 0 aliphatic carbocycles. The highest BCUT2D eigenvalue weighted by Gasteiger charge is 2.38. The van der Waals surface area contributed by atoms with Crippen LogP contribution in [-0.4, -0.2) is 0 Å². The Bertz CT molecular complexity index is 1160. The summed E-state index contributed by atoms with van der Waals surface area (Å²) in [5.41, 5.74) is -3.63. The lowest BCUT2D eigenvalue weighted by atomic mass is 9.99. The number of hydrogen-bond donors (Lipinski definition) is 0. The molecule has 0 spiro atoms. The third-order valence-electron chi connectivity index (χ3n) is 4.86. The number of hydrogen-bond acceptors (Lipinski definition) is 0. The first kappa shape index (κ1) is 24.4. The lowest BCUT2D eigenvalue weighted by molar-refractivity contribution is -0.142. The Labute approximate surface area is 183 Å². The molecule has 0 radical (unpaired) electrons. The number of rotatable bonds is 5. The van der Waals surface area contributed by atoms with Crippen LogP contribution in [0.4, 0.5) is 39.5 Å². The second-order valence-corrected chi connectivity index (χ2v) is 7.20. The van der Waals surface area contributed by atoms with Gasteiger partial charge < -0.3 is 0 Å². The van der Waals surface area contributed by atoms with Crippen LogP contribution >= 0.6 is 0 Å². The molecule has 0 saturated carbocycles. The minimum absolute atomic E-state index is 0.0247. The van der Waals surface area contributed by atoms with E-state index in [1.54, 1.807) is 24.3 Å². The first-order chi connectivity index (χ1) is 15.4. The van der Waals surface area contributed by atoms with Gasteiger partial charge in [-0.05, 0) is 47.4 Å². The summed E-state index contributed by atoms with van der Waals surface area (Å²) < 4.78 is 123. The van der Waals surface area contributed by atoms with Gasteiger partial charge in [0.1, 0.15) is 28.8 Å². The highest BCUT2D eigenvalue weighted by atomic mass is 19.4. The summed E-state index contributed by atoms with van der Waals surface area (Å²) in [6.07, 6.45) is -3.74. The monoisotopic (exact) mass is 474 g/mol. The van der Waals surface area contributed by atoms with E-state index >= 15 is 0 Å². The van der Waals surface area contributed by atoms with Crippen LogP contribution in [0.2, 0.25) is 0 Å². The Balaban J connectivity index is 2.04. The van der Waals surface area contributed by atoms with Crippen LogP contribution in [0.3, 0.4) is 0 Å². The largest absolute Gasteiger partial charge is 0.422 e. The Kier molecular flexibility index (Phi) is 6.90. The van der Waals surface area contributed by atoms with Gasteiger partial charge in [-0.3, -0.25) is 0 Å². The maximum Gasteiger partial charge on any atom is 0.422 e. The highest BCUT2D eigenvalue weighted by molar-refractivity contribution is 5.84. The van der Waals surface area contributed by atoms with E-state index in [0.29, 0.717) is 5.56 Å². The van der Waals surface area contributed by atoms with Crippen molar-refractivity contribution in [1.82, 2.24) is 0 Å². The van der Waals surface area contributed by atoms with Crippen LogP contribution in [0.15, 0.2) is 48.5 Å². The molecule has 0 aromatic heterocycles. The fourth-order valence-electron chi connectivity index (χ4n) is 3.31. The fourth-order valence-corrected chi connectivity index (χ4v) is 3.31. The van der Waals surface area contributed by atoms with Crippen molar-refractivity contribution < 1.29 is 39.5 Å². The summed E-state index contributed by atoms with van der Waals surface area (Å²) in [6, 6.07) is 7.96. The molecule has 3 aromatic rings. The number of benzene rings is 3. The molecule has 0 unspecified atom stereocenters. The fraction of sp³-hybridized carbons (Fsp3) is 0.167. The van der Waals surface area contributed by atoms with Crippen LogP contribution < -0.4 is 0 Å². The van der Waals surface area contributed by atoms with Gasteiger partial charge in [-0.15, -0.1) is 0 Å². The molecular weight excluding hydrogens is 459 g/mol. The zero-order valence-electron chi connectivity index (χ0n) is 16.9. The van der Waals surface area contributed by atoms with E-state index in [0.717, 1.165) is 30.5 Å². The lowest BCUT2D eigenvalue weighted by Crippen LogP contribution is -2.11. The molecule has 9 heteroatoms. The average Bonchev–Trinajstić information content (AvgIpc) is 2.71. The lowest BCUT2D eigenvalue weighted by Gasteiger charge is -2.12. The van der Waals surface area contributed by atoms with Crippen molar-refractivity contribution in [1.29, 1.82) is 0 Å². The summed E-state index contributed by atoms with van der Waals surface area (Å²) >= 11 is 0. The van der Waals surface area contributed by atoms with Crippen molar-refractivity contribution in [3.05, 3.63) is 94.1 Å². The van der Waals surface area contributed by atoms with Crippen LogP contribution in [0.25, 0.3) is 22.8 Å². The molecule has 0 atom stereocenters. The second kappa shape index (κ2) is 9.33. The molecule has 3 aromatic carbocycles. The van der Waals surface area contributed by atoms with Gasteiger partial charge in [0.25, 0.3) is 0 Å². The van der Waals surface area contributed by atoms with Gasteiger partial charge in [0.05, 0.1) is 5.56 Å². The zero-order valence-corrected chi connectivity index (χ0v) is 16.9. The second-order valence-electron chi connectivity index (χ2n) is 7.20. The van der Waals surface area contributed by atoms with Gasteiger partial charge in [0.15, 0.2) is 11.7 Å². The van der Waals surface area contributed by atoms with Crippen molar-refractivity contribution >= 4 is 11.7 Å². The first-order valence-electron chi connectivity index (χ1n) is 9.64. The van der Waals surface area contributed by atoms with E-state index in [2.05, 4.69) is 0 Å². The van der Waals surface area contributed by atoms with Crippen LogP contribution in [0.5, 0.6) is 0 Å². The van der Waals surface area contributed by atoms with Crippen molar-refractivity contribution in [3.63, 3.8) is 0 Å². The first-order valence-corrected chi connectivity index (χ1v) is 9.64. The molecule has 0 aliphatic rings. The average molecular weight is 474 g/mol. The van der Waals surface area contributed by atoms with E-state index < -0.39 is 57.8 Å². The summed E-state index contributed by atoms with van der Waals surface area (Å²) in [5.74, 6) is -11.7. The minimum atomic E-state index is -5.42. The summed E-state index contributed by atoms with van der Waals surface area (Å²) in [5, 5.41) is 0. The van der Waals surface area contributed by atoms with E-state index in [-0.39, 0.29) is 17.7 Å². The van der Waals surface area contributed by atoms with Crippen molar-refractivity contribution in [3.8, 4) is 11.1 Å². The molecular formula is C24H15F9. The quantitative estimate of drug-likeness (QED) is 0.256. The third-order valence-corrected chi connectivity index (χ3v) is 4.86. The minimum Gasteiger partial charge on any atom is -0.206 e.